The third kappa shape index (κ3) is 6.95. The summed E-state index contributed by atoms with van der Waals surface area (Å²) in [6.45, 7) is 1.38. The summed E-state index contributed by atoms with van der Waals surface area (Å²) in [5, 5.41) is 6.18. The highest BCUT2D eigenvalue weighted by molar-refractivity contribution is 7.98. The maximum atomic E-state index is 10.6. The second-order valence-electron chi connectivity index (χ2n) is 3.73. The Morgan fingerprint density at radius 3 is 2.90 bits per heavy atom. The van der Waals surface area contributed by atoms with Gasteiger partial charge < -0.3 is 17.2 Å². The molecule has 0 aliphatic heterocycles. The number of carbonyl (C=O) groups is 1. The highest BCUT2D eigenvalue weighted by atomic mass is 32.2. The molecular formula is C10H17N7OS2. The molecule has 1 aromatic rings. The molecule has 0 unspecified atom stereocenters. The van der Waals surface area contributed by atoms with Gasteiger partial charge in [-0.15, -0.1) is 11.3 Å². The number of hydrogen-bond donors (Lipinski definition) is 4. The fraction of sp³-hybridized carbons (Fsp3) is 0.400. The molecule has 7 N–H and O–H groups in total. The van der Waals surface area contributed by atoms with Crippen molar-refractivity contribution in [2.45, 2.75) is 19.1 Å². The Balaban J connectivity index is 2.27. The Morgan fingerprint density at radius 2 is 2.25 bits per heavy atom. The van der Waals surface area contributed by atoms with E-state index < -0.39 is 0 Å². The molecule has 0 aliphatic rings. The molecule has 0 radical (unpaired) electrons. The average molecular weight is 315 g/mol. The lowest BCUT2D eigenvalue weighted by Gasteiger charge is -2.00. The van der Waals surface area contributed by atoms with Gasteiger partial charge in [0.25, 0.3) is 0 Å². The predicted octanol–water partition coefficient (Wildman–Crippen LogP) is 0.0796. The van der Waals surface area contributed by atoms with E-state index in [0.29, 0.717) is 17.4 Å². The van der Waals surface area contributed by atoms with E-state index in [0.717, 1.165) is 17.2 Å². The van der Waals surface area contributed by atoms with Gasteiger partial charge in [-0.2, -0.15) is 21.9 Å². The van der Waals surface area contributed by atoms with Crippen LogP contribution in [0.1, 0.15) is 19.0 Å². The first-order valence-electron chi connectivity index (χ1n) is 5.67. The van der Waals surface area contributed by atoms with E-state index in [2.05, 4.69) is 20.5 Å². The first-order chi connectivity index (χ1) is 9.47. The minimum atomic E-state index is -0.240. The molecule has 1 aromatic heterocycles. The number of nitrogens with one attached hydrogen (secondary N) is 1. The predicted molar refractivity (Wildman–Crippen MR) is 83.8 cm³/mol. The number of thioether (sulfide) groups is 1. The highest BCUT2D eigenvalue weighted by Crippen LogP contribution is 2.21. The Labute approximate surface area is 124 Å². The number of hydrazone groups is 1. The molecule has 10 heteroatoms. The van der Waals surface area contributed by atoms with Gasteiger partial charge in [0.2, 0.25) is 11.0 Å². The molecule has 0 aliphatic carbocycles. The Hall–Kier alpha value is -1.81. The van der Waals surface area contributed by atoms with Crippen molar-refractivity contribution in [3.05, 3.63) is 11.1 Å². The van der Waals surface area contributed by atoms with Crippen LogP contribution >= 0.6 is 23.1 Å². The summed E-state index contributed by atoms with van der Waals surface area (Å²) < 4.78 is 0. The van der Waals surface area contributed by atoms with Crippen molar-refractivity contribution >= 4 is 45.9 Å². The summed E-state index contributed by atoms with van der Waals surface area (Å²) in [4.78, 5) is 18.8. The van der Waals surface area contributed by atoms with Crippen LogP contribution in [0.15, 0.2) is 15.5 Å². The maximum absolute atomic E-state index is 10.6. The number of aromatic nitrogens is 1. The molecule has 1 amide bonds. The van der Waals surface area contributed by atoms with E-state index in [9.17, 15) is 4.79 Å². The van der Waals surface area contributed by atoms with Gasteiger partial charge >= 0.3 is 0 Å². The van der Waals surface area contributed by atoms with Gasteiger partial charge in [-0.1, -0.05) is 0 Å². The largest absolute Gasteiger partial charge is 0.386 e. The van der Waals surface area contributed by atoms with Crippen LogP contribution in [0.2, 0.25) is 0 Å². The van der Waals surface area contributed by atoms with E-state index in [1.807, 2.05) is 5.38 Å². The second-order valence-corrected chi connectivity index (χ2v) is 5.67. The van der Waals surface area contributed by atoms with E-state index in [4.69, 9.17) is 17.2 Å². The summed E-state index contributed by atoms with van der Waals surface area (Å²) in [5.41, 5.74) is 19.4. The number of rotatable bonds is 7. The topological polar surface area (TPSA) is 145 Å². The van der Waals surface area contributed by atoms with Crippen molar-refractivity contribution in [2.24, 2.45) is 27.3 Å². The molecule has 0 bridgehead atoms. The maximum Gasteiger partial charge on any atom is 0.236 e. The summed E-state index contributed by atoms with van der Waals surface area (Å²) in [6, 6.07) is 0. The molecule has 8 nitrogen and oxygen atoms in total. The van der Waals surface area contributed by atoms with Crippen LogP contribution in [0.5, 0.6) is 0 Å². The molecule has 0 aromatic carbocycles. The summed E-state index contributed by atoms with van der Waals surface area (Å²) >= 11 is 3.05. The smallest absolute Gasteiger partial charge is 0.236 e. The van der Waals surface area contributed by atoms with Crippen molar-refractivity contribution in [3.63, 3.8) is 0 Å². The first-order valence-corrected chi connectivity index (χ1v) is 7.71. The summed E-state index contributed by atoms with van der Waals surface area (Å²) in [6.07, 6.45) is 0.593. The van der Waals surface area contributed by atoms with Gasteiger partial charge in [-0.3, -0.25) is 4.79 Å². The lowest BCUT2D eigenvalue weighted by molar-refractivity contribution is -0.118. The van der Waals surface area contributed by atoms with Crippen LogP contribution in [0.4, 0.5) is 5.13 Å². The van der Waals surface area contributed by atoms with Gasteiger partial charge in [-0.25, -0.2) is 10.4 Å². The van der Waals surface area contributed by atoms with Gasteiger partial charge in [0.15, 0.2) is 5.96 Å². The number of nitrogens with zero attached hydrogens (tertiary/aromatic N) is 3. The molecule has 1 heterocycles. The second kappa shape index (κ2) is 8.38. The van der Waals surface area contributed by atoms with Crippen molar-refractivity contribution in [1.82, 2.24) is 10.4 Å². The van der Waals surface area contributed by atoms with Crippen LogP contribution < -0.4 is 22.6 Å². The number of thiazole rings is 1. The first kappa shape index (κ1) is 16.2. The number of carbonyl (C=O) groups excluding carboxylic acids is 1. The summed E-state index contributed by atoms with van der Waals surface area (Å²) in [5.74, 6) is 1.68. The van der Waals surface area contributed by atoms with Crippen molar-refractivity contribution in [3.8, 4) is 0 Å². The Bertz CT molecular complexity index is 507. The molecule has 110 valence electrons. The molecular weight excluding hydrogens is 298 g/mol. The van der Waals surface area contributed by atoms with Crippen LogP contribution in [0.3, 0.4) is 0 Å². The number of hydrogen-bond acceptors (Lipinski definition) is 6. The fourth-order valence-electron chi connectivity index (χ4n) is 1.08. The quantitative estimate of drug-likeness (QED) is 0.243. The fourth-order valence-corrected chi connectivity index (χ4v) is 2.75. The molecule has 0 fully saturated rings. The van der Waals surface area contributed by atoms with Crippen LogP contribution in [0.25, 0.3) is 0 Å². The zero-order chi connectivity index (χ0) is 15.0. The van der Waals surface area contributed by atoms with Crippen LogP contribution in [-0.2, 0) is 10.5 Å². The van der Waals surface area contributed by atoms with Gasteiger partial charge in [0.1, 0.15) is 5.84 Å². The third-order valence-corrected chi connectivity index (χ3v) is 3.65. The minimum absolute atomic E-state index is 0.000472. The van der Waals surface area contributed by atoms with Crippen LogP contribution in [-0.4, -0.2) is 28.4 Å². The summed E-state index contributed by atoms with van der Waals surface area (Å²) in [7, 11) is 0. The van der Waals surface area contributed by atoms with Gasteiger partial charge in [0.05, 0.1) is 5.69 Å². The van der Waals surface area contributed by atoms with Gasteiger partial charge in [-0.05, 0) is 0 Å². The number of nitrogens with two attached hydrogens (primary N) is 3. The lowest BCUT2D eigenvalue weighted by atomic mass is 10.5. The highest BCUT2D eigenvalue weighted by Gasteiger charge is 2.02. The standard InChI is InChI=1S/C10H17N7OS2/c1-6(18)16-17-8(11)2-3-19-4-7-5-20-10(14-7)15-9(12)13/h5H,2-4H2,1H3,(H2,11,17)(H,16,18)(H4,12,13,14,15). The number of amidine groups is 1. The number of guanidine groups is 1. The van der Waals surface area contributed by atoms with E-state index in [-0.39, 0.29) is 11.9 Å². The Morgan fingerprint density at radius 1 is 1.50 bits per heavy atom. The zero-order valence-corrected chi connectivity index (χ0v) is 12.6. The van der Waals surface area contributed by atoms with Crippen LogP contribution in [0, 0.1) is 0 Å². The molecule has 0 saturated carbocycles. The zero-order valence-electron chi connectivity index (χ0n) is 11.0. The third-order valence-electron chi connectivity index (χ3n) is 1.87. The SMILES string of the molecule is CC(=O)NN=C(N)CCSCc1csc(N=C(N)N)n1. The molecule has 1 rings (SSSR count). The molecule has 0 spiro atoms. The van der Waals surface area contributed by atoms with E-state index in [1.54, 1.807) is 11.8 Å². The van der Waals surface area contributed by atoms with E-state index >= 15 is 0 Å². The number of aliphatic imine (C=N–C) groups is 1. The lowest BCUT2D eigenvalue weighted by Crippen LogP contribution is -2.21. The van der Waals surface area contributed by atoms with Crippen molar-refractivity contribution in [1.29, 1.82) is 0 Å². The normalized spacial score (nSPS) is 11.2. The minimum Gasteiger partial charge on any atom is -0.386 e. The van der Waals surface area contributed by atoms with Gasteiger partial charge in [0, 0.05) is 30.2 Å². The average Bonchev–Trinajstić information content (AvgIpc) is 2.79. The van der Waals surface area contributed by atoms with Crippen molar-refractivity contribution in [2.75, 3.05) is 5.75 Å². The molecule has 20 heavy (non-hydrogen) atoms. The number of amides is 1. The Kier molecular flexibility index (Phi) is 6.81. The van der Waals surface area contributed by atoms with E-state index in [1.165, 1.54) is 18.3 Å². The molecule has 0 atom stereocenters. The monoisotopic (exact) mass is 315 g/mol. The van der Waals surface area contributed by atoms with Crippen molar-refractivity contribution < 1.29 is 4.79 Å². The molecule has 0 saturated heterocycles.